The number of likely N-dealkylation sites (tertiary alicyclic amines) is 1. The molecule has 1 fully saturated rings. The van der Waals surface area contributed by atoms with Gasteiger partial charge < -0.3 is 4.90 Å². The second-order valence-corrected chi connectivity index (χ2v) is 4.34. The molecule has 0 aromatic rings. The van der Waals surface area contributed by atoms with Crippen molar-refractivity contribution in [2.24, 2.45) is 11.8 Å². The number of nitrogens with zero attached hydrogens (tertiary/aromatic N) is 1. The van der Waals surface area contributed by atoms with Gasteiger partial charge in [-0.15, -0.1) is 0 Å². The van der Waals surface area contributed by atoms with E-state index in [1.54, 1.807) is 0 Å². The van der Waals surface area contributed by atoms with Crippen LogP contribution in [-0.2, 0) is 0 Å². The lowest BCUT2D eigenvalue weighted by molar-refractivity contribution is 0.0519. The van der Waals surface area contributed by atoms with Crippen LogP contribution in [0.25, 0.3) is 0 Å². The summed E-state index contributed by atoms with van der Waals surface area (Å²) in [6, 6.07) is 1.53. The summed E-state index contributed by atoms with van der Waals surface area (Å²) in [5.74, 6) is 1.73. The molecule has 1 rings (SSSR count). The highest BCUT2D eigenvalue weighted by Crippen LogP contribution is 2.30. The Bertz CT molecular complexity index is 119. The first-order chi connectivity index (χ1) is 5.04. The second-order valence-electron chi connectivity index (χ2n) is 4.34. The fourth-order valence-electron chi connectivity index (χ4n) is 2.15. The summed E-state index contributed by atoms with van der Waals surface area (Å²) in [6.45, 7) is 9.41. The quantitative estimate of drug-likeness (QED) is 0.519. The highest BCUT2D eigenvalue weighted by Gasteiger charge is 2.31. The van der Waals surface area contributed by atoms with E-state index in [4.69, 9.17) is 0 Å². The molecular formula is C10H21N. The highest BCUT2D eigenvalue weighted by atomic mass is 15.2. The van der Waals surface area contributed by atoms with Crippen molar-refractivity contribution in [1.29, 1.82) is 0 Å². The van der Waals surface area contributed by atoms with E-state index in [-0.39, 0.29) is 0 Å². The van der Waals surface area contributed by atoms with Crippen molar-refractivity contribution in [3.63, 3.8) is 0 Å². The highest BCUT2D eigenvalue weighted by molar-refractivity contribution is 4.85. The lowest BCUT2D eigenvalue weighted by Crippen LogP contribution is -2.48. The second kappa shape index (κ2) is 3.14. The fourth-order valence-corrected chi connectivity index (χ4v) is 2.15. The van der Waals surface area contributed by atoms with Gasteiger partial charge in [-0.3, -0.25) is 0 Å². The van der Waals surface area contributed by atoms with Crippen LogP contribution in [0.15, 0.2) is 0 Å². The van der Waals surface area contributed by atoms with E-state index in [0.717, 1.165) is 23.9 Å². The average Bonchev–Trinajstić information content (AvgIpc) is 1.97. The third-order valence-electron chi connectivity index (χ3n) is 3.68. The topological polar surface area (TPSA) is 3.24 Å². The predicted octanol–water partition coefficient (Wildman–Crippen LogP) is 2.37. The summed E-state index contributed by atoms with van der Waals surface area (Å²) in [6.07, 6.45) is 1.40. The van der Waals surface area contributed by atoms with E-state index in [0.29, 0.717) is 0 Å². The van der Waals surface area contributed by atoms with E-state index in [1.807, 2.05) is 0 Å². The molecule has 0 aromatic heterocycles. The van der Waals surface area contributed by atoms with Gasteiger partial charge in [-0.25, -0.2) is 0 Å². The van der Waals surface area contributed by atoms with E-state index in [2.05, 4.69) is 39.6 Å². The van der Waals surface area contributed by atoms with Crippen LogP contribution in [0, 0.1) is 11.8 Å². The standard InChI is InChI=1S/C10H21N/c1-7-6-8(2)10(4)11(5)9(7)3/h7-10H,6H2,1-5H3. The zero-order valence-electron chi connectivity index (χ0n) is 8.46. The van der Waals surface area contributed by atoms with Gasteiger partial charge >= 0.3 is 0 Å². The molecule has 66 valence electrons. The lowest BCUT2D eigenvalue weighted by Gasteiger charge is -2.44. The Hall–Kier alpha value is -0.0400. The molecule has 4 atom stereocenters. The molecule has 0 bridgehead atoms. The summed E-state index contributed by atoms with van der Waals surface area (Å²) < 4.78 is 0. The lowest BCUT2D eigenvalue weighted by atomic mass is 9.82. The molecule has 0 saturated carbocycles. The minimum Gasteiger partial charge on any atom is -0.300 e. The normalized spacial score (nSPS) is 47.7. The van der Waals surface area contributed by atoms with E-state index < -0.39 is 0 Å². The van der Waals surface area contributed by atoms with Crippen LogP contribution >= 0.6 is 0 Å². The maximum atomic E-state index is 2.51. The van der Waals surface area contributed by atoms with Crippen molar-refractivity contribution < 1.29 is 0 Å². The van der Waals surface area contributed by atoms with Gasteiger partial charge in [0, 0.05) is 12.1 Å². The molecule has 0 radical (unpaired) electrons. The number of rotatable bonds is 0. The van der Waals surface area contributed by atoms with Gasteiger partial charge in [0.1, 0.15) is 0 Å². The molecule has 0 aromatic carbocycles. The summed E-state index contributed by atoms with van der Waals surface area (Å²) in [5, 5.41) is 0. The van der Waals surface area contributed by atoms with Gasteiger partial charge in [0.25, 0.3) is 0 Å². The molecule has 11 heavy (non-hydrogen) atoms. The molecule has 1 aliphatic heterocycles. The van der Waals surface area contributed by atoms with Crippen LogP contribution < -0.4 is 0 Å². The Balaban J connectivity index is 2.63. The molecular weight excluding hydrogens is 134 g/mol. The van der Waals surface area contributed by atoms with Gasteiger partial charge in [-0.05, 0) is 39.2 Å². The number of hydrogen-bond acceptors (Lipinski definition) is 1. The van der Waals surface area contributed by atoms with Crippen molar-refractivity contribution in [2.45, 2.75) is 46.2 Å². The fraction of sp³-hybridized carbons (Fsp3) is 1.00. The minimum atomic E-state index is 0.765. The molecule has 0 aliphatic carbocycles. The molecule has 1 heterocycles. The zero-order chi connectivity index (χ0) is 8.59. The average molecular weight is 155 g/mol. The Labute approximate surface area is 70.8 Å². The van der Waals surface area contributed by atoms with E-state index in [9.17, 15) is 0 Å². The Morgan fingerprint density at radius 3 is 1.64 bits per heavy atom. The summed E-state index contributed by atoms with van der Waals surface area (Å²) in [4.78, 5) is 2.51. The molecule has 0 N–H and O–H groups in total. The Morgan fingerprint density at radius 1 is 0.909 bits per heavy atom. The van der Waals surface area contributed by atoms with E-state index in [1.165, 1.54) is 6.42 Å². The third-order valence-corrected chi connectivity index (χ3v) is 3.68. The smallest absolute Gasteiger partial charge is 0.00925 e. The zero-order valence-corrected chi connectivity index (χ0v) is 8.46. The minimum absolute atomic E-state index is 0.765. The van der Waals surface area contributed by atoms with Crippen LogP contribution in [0.1, 0.15) is 34.1 Å². The van der Waals surface area contributed by atoms with Gasteiger partial charge in [-0.2, -0.15) is 0 Å². The maximum absolute atomic E-state index is 2.51. The first kappa shape index (κ1) is 9.05. The van der Waals surface area contributed by atoms with Crippen LogP contribution in [0.3, 0.4) is 0 Å². The first-order valence-corrected chi connectivity index (χ1v) is 4.76. The predicted molar refractivity (Wildman–Crippen MR) is 49.6 cm³/mol. The van der Waals surface area contributed by atoms with Gasteiger partial charge in [0.2, 0.25) is 0 Å². The van der Waals surface area contributed by atoms with Crippen molar-refractivity contribution >= 4 is 0 Å². The largest absolute Gasteiger partial charge is 0.300 e. The van der Waals surface area contributed by atoms with Gasteiger partial charge in [0.15, 0.2) is 0 Å². The van der Waals surface area contributed by atoms with Gasteiger partial charge in [0.05, 0.1) is 0 Å². The van der Waals surface area contributed by atoms with Crippen LogP contribution in [0.5, 0.6) is 0 Å². The van der Waals surface area contributed by atoms with Crippen molar-refractivity contribution in [3.8, 4) is 0 Å². The van der Waals surface area contributed by atoms with Crippen LogP contribution in [0.2, 0.25) is 0 Å². The Morgan fingerprint density at radius 2 is 1.27 bits per heavy atom. The monoisotopic (exact) mass is 155 g/mol. The summed E-state index contributed by atoms with van der Waals surface area (Å²) in [5.41, 5.74) is 0. The van der Waals surface area contributed by atoms with Crippen molar-refractivity contribution in [1.82, 2.24) is 4.90 Å². The SMILES string of the molecule is CC1CC(C)C(C)N(C)C1C. The summed E-state index contributed by atoms with van der Waals surface area (Å²) >= 11 is 0. The van der Waals surface area contributed by atoms with Crippen LogP contribution in [0.4, 0.5) is 0 Å². The number of hydrogen-bond donors (Lipinski definition) is 0. The third kappa shape index (κ3) is 1.58. The molecule has 1 nitrogen and oxygen atoms in total. The van der Waals surface area contributed by atoms with Gasteiger partial charge in [-0.1, -0.05) is 13.8 Å². The molecule has 1 saturated heterocycles. The number of piperidine rings is 1. The molecule has 1 heteroatoms. The first-order valence-electron chi connectivity index (χ1n) is 4.76. The van der Waals surface area contributed by atoms with Crippen molar-refractivity contribution in [3.05, 3.63) is 0 Å². The summed E-state index contributed by atoms with van der Waals surface area (Å²) in [7, 11) is 2.25. The molecule has 1 aliphatic rings. The molecule has 0 amide bonds. The maximum Gasteiger partial charge on any atom is 0.00925 e. The van der Waals surface area contributed by atoms with Crippen molar-refractivity contribution in [2.75, 3.05) is 7.05 Å². The molecule has 0 spiro atoms. The Kier molecular flexibility index (Phi) is 2.58. The van der Waals surface area contributed by atoms with Crippen LogP contribution in [-0.4, -0.2) is 24.0 Å². The molecule has 4 unspecified atom stereocenters. The van der Waals surface area contributed by atoms with E-state index >= 15 is 0 Å².